The fraction of sp³-hybridized carbons (Fsp3) is 0.500. The van der Waals surface area contributed by atoms with Crippen molar-refractivity contribution in [1.29, 1.82) is 0 Å². The van der Waals surface area contributed by atoms with Crippen LogP contribution in [0.1, 0.15) is 31.1 Å². The van der Waals surface area contributed by atoms with Gasteiger partial charge in [0.05, 0.1) is 0 Å². The maximum atomic E-state index is 12.6. The topological polar surface area (TPSA) is 49.9 Å². The Hall–Kier alpha value is -0.549. The molecule has 0 aliphatic carbocycles. The third kappa shape index (κ3) is 6.56. The molecule has 1 aliphatic rings. The van der Waals surface area contributed by atoms with E-state index in [4.69, 9.17) is 4.74 Å². The number of hydrogen-bond acceptors (Lipinski definition) is 3. The first kappa shape index (κ1) is 23.5. The van der Waals surface area contributed by atoms with Crippen LogP contribution in [0.5, 0.6) is 0 Å². The number of rotatable bonds is 2. The molecule has 10 heteroatoms. The molecule has 1 aromatic rings. The van der Waals surface area contributed by atoms with E-state index in [1.807, 2.05) is 0 Å². The summed E-state index contributed by atoms with van der Waals surface area (Å²) in [5.41, 5.74) is -1.12. The Morgan fingerprint density at radius 3 is 1.85 bits per heavy atom. The maximum absolute atomic E-state index is 12.6. The van der Waals surface area contributed by atoms with E-state index in [1.165, 1.54) is 21.9 Å². The number of amides is 2. The number of nitrogens with zero attached hydrogens (tertiary/aromatic N) is 2. The summed E-state index contributed by atoms with van der Waals surface area (Å²) in [6.45, 7) is 1.52. The van der Waals surface area contributed by atoms with E-state index in [9.17, 15) is 22.5 Å². The van der Waals surface area contributed by atoms with Gasteiger partial charge in [0.25, 0.3) is 5.91 Å². The smallest absolute Gasteiger partial charge is 0.445 e. The Balaban J connectivity index is 0.00000338. The SMILES string of the molecule is CC(C)(C)OC(=O)N1CCN(C(=O)c2ccc([B-](F)(F)F)cc2)CC1.[K+]. The molecule has 0 radical (unpaired) electrons. The molecule has 0 spiro atoms. The van der Waals surface area contributed by atoms with E-state index in [1.54, 1.807) is 20.8 Å². The molecule has 5 nitrogen and oxygen atoms in total. The third-order valence-electron chi connectivity index (χ3n) is 3.75. The van der Waals surface area contributed by atoms with Gasteiger partial charge in [0, 0.05) is 31.7 Å². The summed E-state index contributed by atoms with van der Waals surface area (Å²) in [5.74, 6) is -0.343. The van der Waals surface area contributed by atoms with Crippen LogP contribution in [-0.4, -0.2) is 60.6 Å². The van der Waals surface area contributed by atoms with Gasteiger partial charge in [-0.2, -0.15) is 0 Å². The van der Waals surface area contributed by atoms with Gasteiger partial charge in [-0.15, -0.1) is 5.46 Å². The minimum Gasteiger partial charge on any atom is -0.445 e. The summed E-state index contributed by atoms with van der Waals surface area (Å²) in [6, 6.07) is 4.22. The van der Waals surface area contributed by atoms with E-state index < -0.39 is 24.1 Å². The van der Waals surface area contributed by atoms with Crippen LogP contribution >= 0.6 is 0 Å². The Bertz CT molecular complexity index is 640. The Morgan fingerprint density at radius 1 is 0.962 bits per heavy atom. The van der Waals surface area contributed by atoms with Crippen molar-refractivity contribution < 1.29 is 78.7 Å². The number of ether oxygens (including phenoxy) is 1. The normalized spacial score (nSPS) is 15.3. The van der Waals surface area contributed by atoms with Crippen molar-refractivity contribution in [3.63, 3.8) is 0 Å². The van der Waals surface area contributed by atoms with Crippen LogP contribution in [0.25, 0.3) is 0 Å². The zero-order valence-corrected chi connectivity index (χ0v) is 18.6. The number of carbonyl (C=O) groups excluding carboxylic acids is 2. The summed E-state index contributed by atoms with van der Waals surface area (Å²) in [6.07, 6.45) is -0.434. The molecule has 1 aliphatic heterocycles. The first-order valence-electron chi connectivity index (χ1n) is 8.04. The summed E-state index contributed by atoms with van der Waals surface area (Å²) >= 11 is 0. The molecule has 0 unspecified atom stereocenters. The number of piperazine rings is 1. The zero-order valence-electron chi connectivity index (χ0n) is 15.5. The monoisotopic (exact) mass is 396 g/mol. The third-order valence-corrected chi connectivity index (χ3v) is 3.75. The van der Waals surface area contributed by atoms with Crippen LogP contribution in [0, 0.1) is 0 Å². The van der Waals surface area contributed by atoms with Crippen molar-refractivity contribution in [1.82, 2.24) is 9.80 Å². The minimum absolute atomic E-state index is 0. The standard InChI is InChI=1S/C16H21BF3N2O3.K/c1-16(2,3)25-15(24)22-10-8-21(9-11-22)14(23)12-4-6-13(7-5-12)17(18,19)20;/h4-7H,8-11H2,1-3H3;/q-1;+1. The summed E-state index contributed by atoms with van der Waals surface area (Å²) < 4.78 is 43.2. The minimum atomic E-state index is -5.07. The van der Waals surface area contributed by atoms with Crippen molar-refractivity contribution in [2.45, 2.75) is 26.4 Å². The fourth-order valence-corrected chi connectivity index (χ4v) is 2.45. The molecule has 2 amide bonds. The fourth-order valence-electron chi connectivity index (χ4n) is 2.45. The van der Waals surface area contributed by atoms with Gasteiger partial charge in [-0.3, -0.25) is 4.79 Å². The van der Waals surface area contributed by atoms with Gasteiger partial charge in [0.1, 0.15) is 5.60 Å². The van der Waals surface area contributed by atoms with Crippen molar-refractivity contribution in [3.05, 3.63) is 29.8 Å². The average Bonchev–Trinajstić information content (AvgIpc) is 2.52. The van der Waals surface area contributed by atoms with Gasteiger partial charge in [-0.05, 0) is 20.8 Å². The van der Waals surface area contributed by atoms with Gasteiger partial charge >= 0.3 is 64.5 Å². The Labute approximate surface area is 193 Å². The molecule has 0 bridgehead atoms. The van der Waals surface area contributed by atoms with Crippen molar-refractivity contribution in [2.24, 2.45) is 0 Å². The van der Waals surface area contributed by atoms with Gasteiger partial charge < -0.3 is 27.5 Å². The molecule has 1 saturated heterocycles. The van der Waals surface area contributed by atoms with Crippen molar-refractivity contribution in [2.75, 3.05) is 26.2 Å². The largest absolute Gasteiger partial charge is 1.00 e. The summed E-state index contributed by atoms with van der Waals surface area (Å²) in [5, 5.41) is 0. The Morgan fingerprint density at radius 2 is 1.42 bits per heavy atom. The molecule has 1 aromatic carbocycles. The zero-order chi connectivity index (χ0) is 18.8. The summed E-state index contributed by atoms with van der Waals surface area (Å²) in [7, 11) is 0. The van der Waals surface area contributed by atoms with E-state index in [0.717, 1.165) is 12.1 Å². The molecular weight excluding hydrogens is 375 g/mol. The van der Waals surface area contributed by atoms with Gasteiger partial charge in [-0.25, -0.2) is 4.79 Å². The second-order valence-corrected chi connectivity index (χ2v) is 6.96. The molecule has 2 rings (SSSR count). The predicted octanol–water partition coefficient (Wildman–Crippen LogP) is -0.562. The number of carbonyl (C=O) groups is 2. The second-order valence-electron chi connectivity index (χ2n) is 6.96. The molecule has 0 saturated carbocycles. The maximum Gasteiger partial charge on any atom is 1.00 e. The molecule has 0 N–H and O–H groups in total. The van der Waals surface area contributed by atoms with Crippen LogP contribution in [0.15, 0.2) is 24.3 Å². The average molecular weight is 396 g/mol. The summed E-state index contributed by atoms with van der Waals surface area (Å²) in [4.78, 5) is 27.4. The Kier molecular flexibility index (Phi) is 8.22. The molecule has 138 valence electrons. The van der Waals surface area contributed by atoms with E-state index >= 15 is 0 Å². The van der Waals surface area contributed by atoms with Crippen LogP contribution in [0.2, 0.25) is 0 Å². The van der Waals surface area contributed by atoms with Crippen LogP contribution in [0.3, 0.4) is 0 Å². The van der Waals surface area contributed by atoms with E-state index in [0.29, 0.717) is 26.2 Å². The van der Waals surface area contributed by atoms with Crippen LogP contribution in [0.4, 0.5) is 17.7 Å². The van der Waals surface area contributed by atoms with E-state index in [2.05, 4.69) is 0 Å². The molecular formula is C16H21BF3KN2O3. The second kappa shape index (κ2) is 9.10. The predicted molar refractivity (Wildman–Crippen MR) is 88.9 cm³/mol. The molecule has 1 fully saturated rings. The first-order chi connectivity index (χ1) is 11.5. The molecule has 26 heavy (non-hydrogen) atoms. The van der Waals surface area contributed by atoms with E-state index in [-0.39, 0.29) is 62.9 Å². The van der Waals surface area contributed by atoms with Gasteiger partial charge in [0.15, 0.2) is 0 Å². The van der Waals surface area contributed by atoms with Crippen LogP contribution in [-0.2, 0) is 4.74 Å². The van der Waals surface area contributed by atoms with Crippen molar-refractivity contribution >= 4 is 24.4 Å². The molecule has 0 aromatic heterocycles. The van der Waals surface area contributed by atoms with Crippen molar-refractivity contribution in [3.8, 4) is 0 Å². The number of halogens is 3. The molecule has 1 heterocycles. The van der Waals surface area contributed by atoms with Crippen LogP contribution < -0.4 is 56.8 Å². The number of hydrogen-bond donors (Lipinski definition) is 0. The van der Waals surface area contributed by atoms with Gasteiger partial charge in [0.2, 0.25) is 0 Å². The van der Waals surface area contributed by atoms with Gasteiger partial charge in [-0.1, -0.05) is 24.3 Å². The molecule has 0 atom stereocenters. The quantitative estimate of drug-likeness (QED) is 0.630. The number of benzene rings is 1. The first-order valence-corrected chi connectivity index (χ1v) is 8.04.